The summed E-state index contributed by atoms with van der Waals surface area (Å²) in [7, 11) is 1.31. The summed E-state index contributed by atoms with van der Waals surface area (Å²) in [6.45, 7) is -0.813. The summed E-state index contributed by atoms with van der Waals surface area (Å²) in [5, 5.41) is 1.20. The maximum Gasteiger partial charge on any atom is 0.460 e. The van der Waals surface area contributed by atoms with Crippen molar-refractivity contribution in [2.75, 3.05) is 7.11 Å². The minimum atomic E-state index is -7.11. The van der Waals surface area contributed by atoms with Gasteiger partial charge in [-0.2, -0.15) is 39.5 Å². The van der Waals surface area contributed by atoms with Gasteiger partial charge in [0.2, 0.25) is 0 Å². The van der Waals surface area contributed by atoms with Crippen LogP contribution < -0.4 is 10.1 Å². The molecule has 1 N–H and O–H groups in total. The van der Waals surface area contributed by atoms with E-state index in [1.54, 1.807) is 0 Å². The largest absolute Gasteiger partial charge is 0.497 e. The highest BCUT2D eigenvalue weighted by atomic mass is 19.4. The second-order valence-electron chi connectivity index (χ2n) is 4.75. The Morgan fingerprint density at radius 3 is 1.80 bits per heavy atom. The van der Waals surface area contributed by atoms with Crippen LogP contribution in [0.5, 0.6) is 5.75 Å². The molecule has 0 atom stereocenters. The van der Waals surface area contributed by atoms with E-state index < -0.39 is 36.4 Å². The van der Waals surface area contributed by atoms with Crippen LogP contribution in [0.3, 0.4) is 0 Å². The van der Waals surface area contributed by atoms with E-state index in [-0.39, 0.29) is 5.56 Å². The first-order valence-electron chi connectivity index (χ1n) is 6.30. The number of benzene rings is 1. The van der Waals surface area contributed by atoms with Gasteiger partial charge in [-0.3, -0.25) is 4.79 Å². The van der Waals surface area contributed by atoms with E-state index in [0.717, 1.165) is 0 Å². The van der Waals surface area contributed by atoms with Gasteiger partial charge in [0.15, 0.2) is 0 Å². The van der Waals surface area contributed by atoms with Gasteiger partial charge < -0.3 is 10.1 Å². The Labute approximate surface area is 134 Å². The second kappa shape index (κ2) is 6.64. The molecule has 25 heavy (non-hydrogen) atoms. The number of carbonyl (C=O) groups excluding carboxylic acids is 1. The Kier molecular flexibility index (Phi) is 5.55. The number of amides is 1. The van der Waals surface area contributed by atoms with Gasteiger partial charge in [0.05, 0.1) is 7.11 Å². The lowest BCUT2D eigenvalue weighted by molar-refractivity contribution is -0.388. The molecule has 0 unspecified atom stereocenters. The topological polar surface area (TPSA) is 38.3 Å². The van der Waals surface area contributed by atoms with E-state index in [4.69, 9.17) is 4.74 Å². The van der Waals surface area contributed by atoms with Gasteiger partial charge in [0.25, 0.3) is 5.91 Å². The smallest absolute Gasteiger partial charge is 0.460 e. The first-order chi connectivity index (χ1) is 11.2. The summed E-state index contributed by atoms with van der Waals surface area (Å²) in [6.07, 6.45) is -6.98. The maximum absolute atomic E-state index is 13.3. The monoisotopic (exact) mass is 383 g/mol. The summed E-state index contributed by atoms with van der Waals surface area (Å²) in [4.78, 5) is 11.1. The molecule has 1 amide bonds. The number of methoxy groups -OCH3 is 1. The Bertz CT molecular complexity index is 611. The van der Waals surface area contributed by atoms with E-state index in [0.29, 0.717) is 5.75 Å². The minimum absolute atomic E-state index is 0.0795. The number of rotatable bonds is 6. The van der Waals surface area contributed by atoms with Gasteiger partial charge in [-0.15, -0.1) is 0 Å². The molecular formula is C13H10F9NO2. The van der Waals surface area contributed by atoms with Crippen LogP contribution in [0, 0.1) is 0 Å². The van der Waals surface area contributed by atoms with Crippen LogP contribution >= 0.6 is 0 Å². The van der Waals surface area contributed by atoms with E-state index in [1.165, 1.54) is 36.7 Å². The predicted octanol–water partition coefficient (Wildman–Crippen LogP) is 3.78. The predicted molar refractivity (Wildman–Crippen MR) is 65.7 cm³/mol. The summed E-state index contributed by atoms with van der Waals surface area (Å²) in [6, 6.07) is 5.07. The Hall–Kier alpha value is -2.14. The molecular weight excluding hydrogens is 373 g/mol. The maximum atomic E-state index is 13.3. The molecule has 142 valence electrons. The molecule has 0 heterocycles. The van der Waals surface area contributed by atoms with E-state index in [2.05, 4.69) is 0 Å². The molecule has 1 aromatic carbocycles. The lowest BCUT2D eigenvalue weighted by Gasteiger charge is -2.32. The average Bonchev–Trinajstić information content (AvgIpc) is 2.51. The van der Waals surface area contributed by atoms with Gasteiger partial charge >= 0.3 is 23.9 Å². The summed E-state index contributed by atoms with van der Waals surface area (Å²) in [5.74, 6) is -23.0. The van der Waals surface area contributed by atoms with Crippen LogP contribution in [0.4, 0.5) is 39.5 Å². The molecule has 3 nitrogen and oxygen atoms in total. The zero-order valence-corrected chi connectivity index (χ0v) is 12.2. The van der Waals surface area contributed by atoms with E-state index >= 15 is 0 Å². The van der Waals surface area contributed by atoms with Crippen molar-refractivity contribution in [3.8, 4) is 5.75 Å². The fraction of sp³-hybridized carbons (Fsp3) is 0.462. The molecule has 0 aliphatic carbocycles. The van der Waals surface area contributed by atoms with Crippen molar-refractivity contribution in [2.24, 2.45) is 0 Å². The van der Waals surface area contributed by atoms with Crippen LogP contribution in [0.25, 0.3) is 0 Å². The van der Waals surface area contributed by atoms with Crippen LogP contribution in [0.2, 0.25) is 0 Å². The molecule has 0 radical (unpaired) electrons. The second-order valence-corrected chi connectivity index (χ2v) is 4.75. The first-order valence-corrected chi connectivity index (χ1v) is 6.30. The third kappa shape index (κ3) is 3.76. The molecule has 1 rings (SSSR count). The van der Waals surface area contributed by atoms with Crippen molar-refractivity contribution >= 4 is 5.91 Å². The molecule has 1 aromatic rings. The molecule has 0 aromatic heterocycles. The van der Waals surface area contributed by atoms with Gasteiger partial charge in [-0.1, -0.05) is 12.1 Å². The van der Waals surface area contributed by atoms with Crippen molar-refractivity contribution in [3.63, 3.8) is 0 Å². The standard InChI is InChI=1S/C13H10F9NO2/c1-25-8-4-2-7(3-5-8)6-23-9(24)10(14,15)11(16,17)12(18,19)13(20,21)22/h2-5H,6H2,1H3,(H,23,24). The highest BCUT2D eigenvalue weighted by Crippen LogP contribution is 2.53. The third-order valence-corrected chi connectivity index (χ3v) is 3.04. The number of halogens is 9. The quantitative estimate of drug-likeness (QED) is 0.760. The number of hydrogen-bond donors (Lipinski definition) is 1. The summed E-state index contributed by atoms with van der Waals surface area (Å²) < 4.78 is 119. The van der Waals surface area contributed by atoms with Gasteiger partial charge in [0.1, 0.15) is 5.75 Å². The number of hydrogen-bond acceptors (Lipinski definition) is 2. The molecule has 0 fully saturated rings. The van der Waals surface area contributed by atoms with Crippen LogP contribution in [-0.2, 0) is 11.3 Å². The average molecular weight is 383 g/mol. The zero-order chi connectivity index (χ0) is 19.7. The Morgan fingerprint density at radius 2 is 1.40 bits per heavy atom. The third-order valence-electron chi connectivity index (χ3n) is 3.04. The number of alkyl halides is 9. The molecule has 0 saturated carbocycles. The van der Waals surface area contributed by atoms with Crippen molar-refractivity contribution in [3.05, 3.63) is 29.8 Å². The van der Waals surface area contributed by atoms with Crippen molar-refractivity contribution in [2.45, 2.75) is 30.5 Å². The van der Waals surface area contributed by atoms with E-state index in [1.807, 2.05) is 0 Å². The van der Waals surface area contributed by atoms with Gasteiger partial charge in [-0.25, -0.2) is 0 Å². The number of carbonyl (C=O) groups is 1. The molecule has 0 saturated heterocycles. The van der Waals surface area contributed by atoms with E-state index in [9.17, 15) is 44.3 Å². The number of nitrogens with one attached hydrogen (secondary N) is 1. The minimum Gasteiger partial charge on any atom is -0.497 e. The lowest BCUT2D eigenvalue weighted by atomic mass is 10.0. The highest BCUT2D eigenvalue weighted by Gasteiger charge is 2.83. The molecule has 0 aliphatic rings. The van der Waals surface area contributed by atoms with Gasteiger partial charge in [-0.05, 0) is 17.7 Å². The van der Waals surface area contributed by atoms with Gasteiger partial charge in [0, 0.05) is 6.54 Å². The molecule has 0 bridgehead atoms. The van der Waals surface area contributed by atoms with Crippen LogP contribution in [0.1, 0.15) is 5.56 Å². The summed E-state index contributed by atoms with van der Waals surface area (Å²) in [5.41, 5.74) is 0.0795. The lowest BCUT2D eigenvalue weighted by Crippen LogP contribution is -2.65. The molecule has 12 heteroatoms. The fourth-order valence-electron chi connectivity index (χ4n) is 1.55. The molecule has 0 aliphatic heterocycles. The highest BCUT2D eigenvalue weighted by molar-refractivity contribution is 5.84. The zero-order valence-electron chi connectivity index (χ0n) is 12.2. The van der Waals surface area contributed by atoms with Crippen molar-refractivity contribution in [1.82, 2.24) is 5.32 Å². The van der Waals surface area contributed by atoms with Crippen LogP contribution in [-0.4, -0.2) is 37.0 Å². The number of ether oxygens (including phenoxy) is 1. The van der Waals surface area contributed by atoms with Crippen LogP contribution in [0.15, 0.2) is 24.3 Å². The fourth-order valence-corrected chi connectivity index (χ4v) is 1.55. The normalized spacial score (nSPS) is 13.5. The SMILES string of the molecule is COc1ccc(CNC(=O)C(F)(F)C(F)(F)C(F)(F)C(F)(F)F)cc1. The van der Waals surface area contributed by atoms with Crippen molar-refractivity contribution in [1.29, 1.82) is 0 Å². The Balaban J connectivity index is 2.94. The Morgan fingerprint density at radius 1 is 0.920 bits per heavy atom. The molecule has 0 spiro atoms. The summed E-state index contributed by atoms with van der Waals surface area (Å²) >= 11 is 0. The first kappa shape index (κ1) is 20.9. The van der Waals surface area contributed by atoms with Crippen molar-refractivity contribution < 1.29 is 49.0 Å².